The van der Waals surface area contributed by atoms with E-state index >= 15 is 0 Å². The normalized spacial score (nSPS) is 16.1. The van der Waals surface area contributed by atoms with E-state index < -0.39 is 10.0 Å². The van der Waals surface area contributed by atoms with Crippen molar-refractivity contribution in [1.82, 2.24) is 10.3 Å². The second-order valence-corrected chi connectivity index (χ2v) is 5.87. The maximum absolute atomic E-state index is 11.7. The average Bonchev–Trinajstić information content (AvgIpc) is 3.01. The molecule has 2 N–H and O–H groups in total. The minimum Gasteiger partial charge on any atom is -0.314 e. The van der Waals surface area contributed by atoms with Crippen LogP contribution in [0, 0.1) is 0 Å². The molecule has 0 radical (unpaired) electrons. The highest BCUT2D eigenvalue weighted by atomic mass is 32.2. The Labute approximate surface area is 95.3 Å². The summed E-state index contributed by atoms with van der Waals surface area (Å²) in [5.41, 5.74) is 1.41. The zero-order valence-corrected chi connectivity index (χ0v) is 9.92. The summed E-state index contributed by atoms with van der Waals surface area (Å²) in [5.74, 6) is 0. The van der Waals surface area contributed by atoms with Crippen molar-refractivity contribution in [1.29, 1.82) is 0 Å². The molecule has 2 rings (SSSR count). The summed E-state index contributed by atoms with van der Waals surface area (Å²) >= 11 is 0. The van der Waals surface area contributed by atoms with Crippen molar-refractivity contribution in [2.75, 3.05) is 11.8 Å². The van der Waals surface area contributed by atoms with Crippen LogP contribution in [0.15, 0.2) is 18.3 Å². The Kier molecular flexibility index (Phi) is 3.11. The molecule has 1 aliphatic rings. The molecule has 88 valence electrons. The summed E-state index contributed by atoms with van der Waals surface area (Å²) in [6.45, 7) is 0.624. The minimum atomic E-state index is -3.17. The number of hydrogen-bond acceptors (Lipinski definition) is 4. The van der Waals surface area contributed by atoms with Crippen molar-refractivity contribution in [3.63, 3.8) is 0 Å². The summed E-state index contributed by atoms with van der Waals surface area (Å²) in [6.07, 6.45) is 3.14. The van der Waals surface area contributed by atoms with E-state index in [9.17, 15) is 8.42 Å². The van der Waals surface area contributed by atoms with E-state index in [1.165, 1.54) is 0 Å². The van der Waals surface area contributed by atoms with Crippen LogP contribution in [0.5, 0.6) is 0 Å². The molecule has 1 aromatic rings. The van der Waals surface area contributed by atoms with Gasteiger partial charge in [-0.15, -0.1) is 0 Å². The molecule has 0 atom stereocenters. The molecular weight excluding hydrogens is 226 g/mol. The summed E-state index contributed by atoms with van der Waals surface area (Å²) in [7, 11) is -1.35. The van der Waals surface area contributed by atoms with Crippen LogP contribution in [0.2, 0.25) is 0 Å². The van der Waals surface area contributed by atoms with Crippen LogP contribution in [-0.4, -0.2) is 25.7 Å². The monoisotopic (exact) mass is 241 g/mol. The third-order valence-corrected chi connectivity index (χ3v) is 4.27. The summed E-state index contributed by atoms with van der Waals surface area (Å²) in [4.78, 5) is 4.12. The van der Waals surface area contributed by atoms with E-state index in [0.29, 0.717) is 12.2 Å². The van der Waals surface area contributed by atoms with Gasteiger partial charge in [0.2, 0.25) is 10.0 Å². The SMILES string of the molecule is CNCc1cc(NS(=O)(=O)C2CC2)ccn1. The molecule has 0 spiro atoms. The van der Waals surface area contributed by atoms with Crippen molar-refractivity contribution < 1.29 is 8.42 Å². The van der Waals surface area contributed by atoms with Crippen molar-refractivity contribution in [3.05, 3.63) is 24.0 Å². The molecule has 1 aromatic heterocycles. The summed E-state index contributed by atoms with van der Waals surface area (Å²) < 4.78 is 26.0. The van der Waals surface area contributed by atoms with Crippen LogP contribution < -0.4 is 10.0 Å². The molecule has 1 fully saturated rings. The highest BCUT2D eigenvalue weighted by Gasteiger charge is 2.35. The quantitative estimate of drug-likeness (QED) is 0.796. The molecule has 5 nitrogen and oxygen atoms in total. The van der Waals surface area contributed by atoms with Gasteiger partial charge in [0.25, 0.3) is 0 Å². The number of nitrogens with zero attached hydrogens (tertiary/aromatic N) is 1. The number of pyridine rings is 1. The number of nitrogens with one attached hydrogen (secondary N) is 2. The molecule has 1 heterocycles. The third-order valence-electron chi connectivity index (χ3n) is 2.40. The van der Waals surface area contributed by atoms with Crippen molar-refractivity contribution in [2.45, 2.75) is 24.6 Å². The van der Waals surface area contributed by atoms with Gasteiger partial charge < -0.3 is 5.32 Å². The van der Waals surface area contributed by atoms with Gasteiger partial charge in [-0.2, -0.15) is 0 Å². The molecule has 0 unspecified atom stereocenters. The van der Waals surface area contributed by atoms with E-state index in [1.807, 2.05) is 7.05 Å². The number of hydrogen-bond donors (Lipinski definition) is 2. The number of rotatable bonds is 5. The summed E-state index contributed by atoms with van der Waals surface area (Å²) in [6, 6.07) is 3.41. The molecule has 0 saturated heterocycles. The van der Waals surface area contributed by atoms with Crippen LogP contribution >= 0.6 is 0 Å². The predicted molar refractivity (Wildman–Crippen MR) is 62.6 cm³/mol. The van der Waals surface area contributed by atoms with Gasteiger partial charge in [0.15, 0.2) is 0 Å². The molecule has 1 aliphatic carbocycles. The smallest absolute Gasteiger partial charge is 0.235 e. The molecule has 6 heteroatoms. The van der Waals surface area contributed by atoms with Gasteiger partial charge in [0.05, 0.1) is 16.6 Å². The Morgan fingerprint density at radius 3 is 2.88 bits per heavy atom. The lowest BCUT2D eigenvalue weighted by Crippen LogP contribution is -2.17. The topological polar surface area (TPSA) is 71.1 Å². The Morgan fingerprint density at radius 1 is 1.50 bits per heavy atom. The number of aromatic nitrogens is 1. The van der Waals surface area contributed by atoms with E-state index in [-0.39, 0.29) is 5.25 Å². The zero-order valence-electron chi connectivity index (χ0n) is 9.10. The molecule has 0 aliphatic heterocycles. The second-order valence-electron chi connectivity index (χ2n) is 3.91. The largest absolute Gasteiger partial charge is 0.314 e. The summed E-state index contributed by atoms with van der Waals surface area (Å²) in [5, 5.41) is 2.77. The van der Waals surface area contributed by atoms with E-state index in [2.05, 4.69) is 15.0 Å². The van der Waals surface area contributed by atoms with Gasteiger partial charge in [0.1, 0.15) is 0 Å². The lowest BCUT2D eigenvalue weighted by Gasteiger charge is -2.07. The van der Waals surface area contributed by atoms with Crippen LogP contribution in [0.4, 0.5) is 5.69 Å². The fourth-order valence-corrected chi connectivity index (χ4v) is 2.82. The van der Waals surface area contributed by atoms with Crippen LogP contribution in [0.1, 0.15) is 18.5 Å². The molecule has 0 amide bonds. The zero-order chi connectivity index (χ0) is 11.6. The fourth-order valence-electron chi connectivity index (χ4n) is 1.45. The predicted octanol–water partition coefficient (Wildman–Crippen LogP) is 0.705. The van der Waals surface area contributed by atoms with E-state index in [0.717, 1.165) is 18.5 Å². The van der Waals surface area contributed by atoms with Crippen molar-refractivity contribution in [3.8, 4) is 0 Å². The minimum absolute atomic E-state index is 0.201. The Hall–Kier alpha value is -1.14. The second kappa shape index (κ2) is 4.39. The van der Waals surface area contributed by atoms with Gasteiger partial charge in [-0.1, -0.05) is 0 Å². The van der Waals surface area contributed by atoms with Crippen LogP contribution in [0.3, 0.4) is 0 Å². The highest BCUT2D eigenvalue weighted by molar-refractivity contribution is 7.93. The first-order valence-electron chi connectivity index (χ1n) is 5.23. The first-order chi connectivity index (χ1) is 7.62. The first kappa shape index (κ1) is 11.3. The van der Waals surface area contributed by atoms with Crippen molar-refractivity contribution >= 4 is 15.7 Å². The standard InChI is InChI=1S/C10H15N3O2S/c1-11-7-9-6-8(4-5-12-9)13-16(14,15)10-2-3-10/h4-6,10-11H,2-3,7H2,1H3,(H,12,13). The van der Waals surface area contributed by atoms with Crippen LogP contribution in [0.25, 0.3) is 0 Å². The van der Waals surface area contributed by atoms with Gasteiger partial charge in [-0.3, -0.25) is 9.71 Å². The number of sulfonamides is 1. The van der Waals surface area contributed by atoms with Gasteiger partial charge in [-0.05, 0) is 32.0 Å². The Morgan fingerprint density at radius 2 is 2.25 bits per heavy atom. The highest BCUT2D eigenvalue weighted by Crippen LogP contribution is 2.29. The molecule has 0 bridgehead atoms. The maximum Gasteiger partial charge on any atom is 0.235 e. The molecule has 16 heavy (non-hydrogen) atoms. The molecular formula is C10H15N3O2S. The fraction of sp³-hybridized carbons (Fsp3) is 0.500. The van der Waals surface area contributed by atoms with Gasteiger partial charge >= 0.3 is 0 Å². The van der Waals surface area contributed by atoms with Gasteiger partial charge in [-0.25, -0.2) is 8.42 Å². The molecule has 0 aromatic carbocycles. The van der Waals surface area contributed by atoms with Crippen molar-refractivity contribution in [2.24, 2.45) is 0 Å². The average molecular weight is 241 g/mol. The lowest BCUT2D eigenvalue weighted by atomic mass is 10.3. The Balaban J connectivity index is 2.11. The van der Waals surface area contributed by atoms with Gasteiger partial charge in [0, 0.05) is 12.7 Å². The van der Waals surface area contributed by atoms with E-state index in [4.69, 9.17) is 0 Å². The Bertz CT molecular complexity index is 469. The molecule has 1 saturated carbocycles. The number of anilines is 1. The first-order valence-corrected chi connectivity index (χ1v) is 6.77. The maximum atomic E-state index is 11.7. The lowest BCUT2D eigenvalue weighted by molar-refractivity contribution is 0.600. The van der Waals surface area contributed by atoms with E-state index in [1.54, 1.807) is 18.3 Å². The van der Waals surface area contributed by atoms with Crippen LogP contribution in [-0.2, 0) is 16.6 Å². The third kappa shape index (κ3) is 2.70.